The average molecular weight is 1050 g/mol. The summed E-state index contributed by atoms with van der Waals surface area (Å²) in [7, 11) is 2.98. The van der Waals surface area contributed by atoms with Gasteiger partial charge in [-0.3, -0.25) is 19.1 Å². The lowest BCUT2D eigenvalue weighted by Crippen LogP contribution is -2.51. The highest BCUT2D eigenvalue weighted by Gasteiger charge is 2.59. The van der Waals surface area contributed by atoms with Gasteiger partial charge in [-0.1, -0.05) is 108 Å². The minimum Gasteiger partial charge on any atom is -0.508 e. The number of hydrogen-bond donors (Lipinski definition) is 4. The largest absolute Gasteiger partial charge is 0.508 e. The number of aryl methyl sites for hydroxylation is 1. The fraction of sp³-hybridized carbons (Fsp3) is 0.597. The Bertz CT molecular complexity index is 2550. The van der Waals surface area contributed by atoms with Crippen LogP contribution in [0, 0.1) is 46.3 Å². The maximum Gasteiger partial charge on any atom is 0.246 e. The molecule has 3 saturated carbocycles. The molecule has 0 radical (unpaired) electrons. The smallest absolute Gasteiger partial charge is 0.246 e. The molecular formula is C62H87N5O9. The monoisotopic (exact) mass is 1050 g/mol. The van der Waals surface area contributed by atoms with Gasteiger partial charge in [-0.25, -0.2) is 0 Å². The number of ether oxygens (including phenoxy) is 4. The number of aromatic nitrogens is 3. The molecule has 4 aliphatic carbocycles. The van der Waals surface area contributed by atoms with Crippen molar-refractivity contribution in [2.45, 2.75) is 157 Å². The zero-order chi connectivity index (χ0) is 54.2. The summed E-state index contributed by atoms with van der Waals surface area (Å²) < 4.78 is 24.7. The molecule has 3 aromatic rings. The second kappa shape index (κ2) is 27.4. The number of aliphatic hydroxyl groups is 1. The van der Waals surface area contributed by atoms with E-state index in [1.54, 1.807) is 59.8 Å². The Labute approximate surface area is 452 Å². The summed E-state index contributed by atoms with van der Waals surface area (Å²) in [4.78, 5) is 37.7. The highest BCUT2D eigenvalue weighted by Crippen LogP contribution is 2.67. The SMILES string of the molecule is COc1cc(/C=C/C(=O)/C=C(O)/C=C/c2ccc(OCc3cn(CCCCCCNC(=O)CCNC(=O)CO[C@H]4CC[C@@]5(C)C(=CC[C@H]6[C@@H]7CC[C@H]([C@H](C)CCCC(C)C)[C@@]7(C)CC[C@@H]65)C4)nn3)c(OC)c2)ccc1O. The number of carbonyl (C=O) groups excluding carboxylic acids is 3. The van der Waals surface area contributed by atoms with Crippen molar-refractivity contribution in [2.75, 3.05) is 33.9 Å². The minimum absolute atomic E-state index is 0.000130. The highest BCUT2D eigenvalue weighted by atomic mass is 16.5. The molecule has 14 heteroatoms. The lowest BCUT2D eigenvalue weighted by atomic mass is 9.47. The lowest BCUT2D eigenvalue weighted by molar-refractivity contribution is -0.129. The normalized spacial score (nSPS) is 24.7. The number of nitrogens with zero attached hydrogens (tertiary/aromatic N) is 3. The number of methoxy groups -OCH3 is 2. The number of ketones is 1. The average Bonchev–Trinajstić information content (AvgIpc) is 4.05. The van der Waals surface area contributed by atoms with Crippen LogP contribution in [0.4, 0.5) is 0 Å². The van der Waals surface area contributed by atoms with Crippen molar-refractivity contribution in [3.05, 3.63) is 95.1 Å². The minimum atomic E-state index is -0.418. The number of aliphatic hydroxyl groups excluding tert-OH is 1. The van der Waals surface area contributed by atoms with Crippen molar-refractivity contribution in [1.82, 2.24) is 25.6 Å². The molecule has 1 aromatic heterocycles. The van der Waals surface area contributed by atoms with Crippen LogP contribution in [-0.4, -0.2) is 82.8 Å². The number of phenolic OH excluding ortho intramolecular Hbond substituents is 1. The number of amides is 2. The third-order valence-electron chi connectivity index (χ3n) is 17.6. The molecule has 0 spiro atoms. The molecule has 4 aliphatic rings. The molecule has 0 saturated heterocycles. The van der Waals surface area contributed by atoms with Gasteiger partial charge in [0.1, 0.15) is 24.7 Å². The Balaban J connectivity index is 0.718. The van der Waals surface area contributed by atoms with E-state index in [9.17, 15) is 24.6 Å². The summed E-state index contributed by atoms with van der Waals surface area (Å²) in [6.07, 6.45) is 29.5. The van der Waals surface area contributed by atoms with Gasteiger partial charge in [-0.2, -0.15) is 0 Å². The standard InChI is InChI=1S/C62H87N5O9/c1-42(2)13-12-14-43(3)52-23-24-53-51-22-19-46-37-50(27-30-61(46,4)54(51)28-31-62(52,53)5)75-41-60(72)64-33-29-59(71)63-32-10-8-9-11-34-67-39-47(65-66-67)40-76-56-26-18-45(36-58(56)74-7)16-21-49(69)38-48(68)20-15-44-17-25-55(70)57(35-44)73-6/h15-21,25-26,35-36,38-39,42-43,50-54,69-70H,8-14,22-24,27-34,37,40-41H2,1-7H3,(H,63,71)(H,64,72)/b20-15+,21-16+,49-38-/t43-,50+,51+,52-,53+,54+,61+,62-/m1/s1. The molecule has 76 heavy (non-hydrogen) atoms. The molecular weight excluding hydrogens is 959 g/mol. The number of phenols is 1. The van der Waals surface area contributed by atoms with E-state index in [1.165, 1.54) is 76.7 Å². The molecule has 14 nitrogen and oxygen atoms in total. The number of carbonyl (C=O) groups is 3. The van der Waals surface area contributed by atoms with E-state index in [4.69, 9.17) is 18.9 Å². The molecule has 414 valence electrons. The first-order valence-electron chi connectivity index (χ1n) is 28.3. The predicted octanol–water partition coefficient (Wildman–Crippen LogP) is 11.9. The maximum atomic E-state index is 12.8. The molecule has 2 amide bonds. The van der Waals surface area contributed by atoms with E-state index in [0.717, 1.165) is 92.1 Å². The summed E-state index contributed by atoms with van der Waals surface area (Å²) in [5, 5.41) is 34.5. The van der Waals surface area contributed by atoms with Crippen LogP contribution in [0.1, 0.15) is 154 Å². The van der Waals surface area contributed by atoms with Gasteiger partial charge in [0, 0.05) is 32.1 Å². The van der Waals surface area contributed by atoms with Crippen molar-refractivity contribution < 1.29 is 43.5 Å². The Kier molecular flexibility index (Phi) is 20.9. The van der Waals surface area contributed by atoms with Gasteiger partial charge >= 0.3 is 0 Å². The number of hydrogen-bond acceptors (Lipinski definition) is 11. The van der Waals surface area contributed by atoms with Gasteiger partial charge in [0.25, 0.3) is 0 Å². The van der Waals surface area contributed by atoms with Gasteiger partial charge in [0.05, 0.1) is 26.5 Å². The van der Waals surface area contributed by atoms with Crippen molar-refractivity contribution in [2.24, 2.45) is 46.3 Å². The molecule has 2 aromatic carbocycles. The molecule has 0 unspecified atom stereocenters. The number of benzene rings is 2. The number of unbranched alkanes of at least 4 members (excludes halogenated alkanes) is 3. The van der Waals surface area contributed by atoms with Gasteiger partial charge in [-0.05, 0) is 158 Å². The van der Waals surface area contributed by atoms with Crippen LogP contribution in [0.3, 0.4) is 0 Å². The Hall–Kier alpha value is -5.89. The summed E-state index contributed by atoms with van der Waals surface area (Å²) in [5.74, 6) is 5.35. The second-order valence-electron chi connectivity index (χ2n) is 23.1. The van der Waals surface area contributed by atoms with Crippen LogP contribution in [0.15, 0.2) is 78.2 Å². The summed E-state index contributed by atoms with van der Waals surface area (Å²) >= 11 is 0. The van der Waals surface area contributed by atoms with Crippen molar-refractivity contribution in [3.63, 3.8) is 0 Å². The predicted molar refractivity (Wildman–Crippen MR) is 298 cm³/mol. The lowest BCUT2D eigenvalue weighted by Gasteiger charge is -2.58. The highest BCUT2D eigenvalue weighted by molar-refractivity contribution is 6.02. The van der Waals surface area contributed by atoms with Gasteiger partial charge in [-0.15, -0.1) is 5.10 Å². The van der Waals surface area contributed by atoms with Crippen molar-refractivity contribution >= 4 is 29.7 Å². The van der Waals surface area contributed by atoms with Gasteiger partial charge < -0.3 is 39.8 Å². The molecule has 1 heterocycles. The van der Waals surface area contributed by atoms with E-state index >= 15 is 0 Å². The van der Waals surface area contributed by atoms with Crippen LogP contribution >= 0.6 is 0 Å². The fourth-order valence-corrected chi connectivity index (χ4v) is 13.4. The number of rotatable bonds is 28. The van der Waals surface area contributed by atoms with Crippen LogP contribution in [-0.2, 0) is 32.3 Å². The summed E-state index contributed by atoms with van der Waals surface area (Å²) in [6, 6.07) is 10.0. The molecule has 7 rings (SSSR count). The topological polar surface area (TPSA) is 183 Å². The van der Waals surface area contributed by atoms with Gasteiger partial charge in [0.15, 0.2) is 28.8 Å². The quantitative estimate of drug-likeness (QED) is 0.0178. The number of allylic oxidation sites excluding steroid dienone is 4. The first kappa shape index (κ1) is 57.8. The third-order valence-corrected chi connectivity index (χ3v) is 17.6. The Morgan fingerprint density at radius 2 is 1.58 bits per heavy atom. The van der Waals surface area contributed by atoms with E-state index in [1.807, 2.05) is 6.20 Å². The van der Waals surface area contributed by atoms with Crippen LogP contribution in [0.25, 0.3) is 12.2 Å². The fourth-order valence-electron chi connectivity index (χ4n) is 13.4. The first-order valence-corrected chi connectivity index (χ1v) is 28.3. The van der Waals surface area contributed by atoms with E-state index in [-0.39, 0.29) is 54.5 Å². The summed E-state index contributed by atoms with van der Waals surface area (Å²) in [5.41, 5.74) is 4.37. The zero-order valence-corrected chi connectivity index (χ0v) is 46.5. The van der Waals surface area contributed by atoms with Crippen molar-refractivity contribution in [1.29, 1.82) is 0 Å². The Morgan fingerprint density at radius 3 is 2.37 bits per heavy atom. The molecule has 8 atom stereocenters. The molecule has 0 bridgehead atoms. The maximum absolute atomic E-state index is 12.8. The molecule has 0 aliphatic heterocycles. The number of nitrogens with one attached hydrogen (secondary N) is 2. The van der Waals surface area contributed by atoms with E-state index < -0.39 is 5.78 Å². The molecule has 3 fully saturated rings. The first-order chi connectivity index (χ1) is 36.6. The van der Waals surface area contributed by atoms with Crippen LogP contribution in [0.2, 0.25) is 0 Å². The summed E-state index contributed by atoms with van der Waals surface area (Å²) in [6.45, 7) is 14.3. The Morgan fingerprint density at radius 1 is 0.829 bits per heavy atom. The van der Waals surface area contributed by atoms with Crippen molar-refractivity contribution in [3.8, 4) is 23.0 Å². The second-order valence-corrected chi connectivity index (χ2v) is 23.1. The third kappa shape index (κ3) is 15.4. The van der Waals surface area contributed by atoms with Crippen LogP contribution < -0.4 is 24.8 Å². The zero-order valence-electron chi connectivity index (χ0n) is 46.5. The molecule has 4 N–H and O–H groups in total. The van der Waals surface area contributed by atoms with Gasteiger partial charge in [0.2, 0.25) is 11.8 Å². The van der Waals surface area contributed by atoms with E-state index in [2.05, 4.69) is 61.6 Å². The van der Waals surface area contributed by atoms with Crippen LogP contribution in [0.5, 0.6) is 23.0 Å². The number of fused-ring (bicyclic) bond motifs is 5. The number of aromatic hydroxyl groups is 1. The van der Waals surface area contributed by atoms with E-state index in [0.29, 0.717) is 53.6 Å².